The van der Waals surface area contributed by atoms with E-state index in [2.05, 4.69) is 38.8 Å². The summed E-state index contributed by atoms with van der Waals surface area (Å²) in [5, 5.41) is 11.0. The van der Waals surface area contributed by atoms with Crippen molar-refractivity contribution < 1.29 is 9.90 Å². The van der Waals surface area contributed by atoms with Crippen LogP contribution >= 0.6 is 31.9 Å². The molecular weight excluding hydrogens is 410 g/mol. The van der Waals surface area contributed by atoms with Gasteiger partial charge in [-0.1, -0.05) is 76.2 Å². The third-order valence-corrected chi connectivity index (χ3v) is 5.21. The van der Waals surface area contributed by atoms with Crippen LogP contribution in [0.1, 0.15) is 39.0 Å². The van der Waals surface area contributed by atoms with E-state index in [9.17, 15) is 9.90 Å². The first-order valence-electron chi connectivity index (χ1n) is 7.62. The predicted molar refractivity (Wildman–Crippen MR) is 97.4 cm³/mol. The number of carbonyl (C=O) groups excluding carboxylic acids is 1. The van der Waals surface area contributed by atoms with Gasteiger partial charge in [0.05, 0.1) is 0 Å². The van der Waals surface area contributed by atoms with Gasteiger partial charge in [-0.3, -0.25) is 9.69 Å². The Bertz CT molecular complexity index is 545. The molecule has 0 radical (unpaired) electrons. The standard InChI is InChI=1S/C17H21Br2NO2/c1-2-3-4-6-9-13-12-17(22,16(18)19)20(15(13)21)14-10-7-5-8-11-14/h5,7-8,10-12,16,22H,2-4,6,9H2,1H3. The van der Waals surface area contributed by atoms with Crippen LogP contribution in [-0.4, -0.2) is 20.5 Å². The van der Waals surface area contributed by atoms with Gasteiger partial charge in [-0.2, -0.15) is 0 Å². The molecule has 0 saturated heterocycles. The number of unbranched alkanes of at least 4 members (excludes halogenated alkanes) is 3. The van der Waals surface area contributed by atoms with Gasteiger partial charge < -0.3 is 5.11 Å². The number of anilines is 1. The van der Waals surface area contributed by atoms with Crippen molar-refractivity contribution in [2.24, 2.45) is 0 Å². The maximum Gasteiger partial charge on any atom is 0.256 e. The lowest BCUT2D eigenvalue weighted by Gasteiger charge is -2.34. The van der Waals surface area contributed by atoms with Gasteiger partial charge in [-0.25, -0.2) is 0 Å². The summed E-state index contributed by atoms with van der Waals surface area (Å²) in [7, 11) is 0. The molecule has 1 amide bonds. The number of carbonyl (C=O) groups is 1. The first-order chi connectivity index (χ1) is 10.5. The Hall–Kier alpha value is -0.650. The summed E-state index contributed by atoms with van der Waals surface area (Å²) in [6.07, 6.45) is 6.81. The number of alkyl halides is 2. The second kappa shape index (κ2) is 7.75. The van der Waals surface area contributed by atoms with E-state index in [1.807, 2.05) is 30.3 Å². The Balaban J connectivity index is 2.22. The van der Waals surface area contributed by atoms with Crippen LogP contribution in [-0.2, 0) is 4.79 Å². The van der Waals surface area contributed by atoms with Crippen molar-refractivity contribution in [2.75, 3.05) is 4.90 Å². The SMILES string of the molecule is CCCCCCC1=CC(O)(C(Br)Br)N(c2ccccc2)C1=O. The Morgan fingerprint density at radius 2 is 1.86 bits per heavy atom. The van der Waals surface area contributed by atoms with Crippen LogP contribution in [0.4, 0.5) is 5.69 Å². The summed E-state index contributed by atoms with van der Waals surface area (Å²) in [6.45, 7) is 2.16. The third kappa shape index (κ3) is 3.63. The van der Waals surface area contributed by atoms with Gasteiger partial charge in [0.25, 0.3) is 5.91 Å². The van der Waals surface area contributed by atoms with Crippen molar-refractivity contribution in [3.05, 3.63) is 42.0 Å². The number of nitrogens with zero attached hydrogens (tertiary/aromatic N) is 1. The van der Waals surface area contributed by atoms with Crippen molar-refractivity contribution in [1.82, 2.24) is 0 Å². The molecular formula is C17H21Br2NO2. The Morgan fingerprint density at radius 3 is 2.45 bits per heavy atom. The number of hydrogen-bond donors (Lipinski definition) is 1. The number of hydrogen-bond acceptors (Lipinski definition) is 2. The number of para-hydroxylation sites is 1. The Labute approximate surface area is 148 Å². The number of rotatable bonds is 7. The molecule has 120 valence electrons. The van der Waals surface area contributed by atoms with Crippen LogP contribution in [0.2, 0.25) is 0 Å². The summed E-state index contributed by atoms with van der Waals surface area (Å²) in [5.41, 5.74) is -0.0107. The molecule has 0 aliphatic carbocycles. The van der Waals surface area contributed by atoms with Crippen LogP contribution in [0, 0.1) is 0 Å². The van der Waals surface area contributed by atoms with E-state index in [1.54, 1.807) is 6.08 Å². The van der Waals surface area contributed by atoms with E-state index >= 15 is 0 Å². The minimum atomic E-state index is -1.39. The first kappa shape index (κ1) is 17.7. The molecule has 2 rings (SSSR count). The number of halogens is 2. The van der Waals surface area contributed by atoms with E-state index in [0.717, 1.165) is 19.3 Å². The summed E-state index contributed by atoms with van der Waals surface area (Å²) >= 11 is 6.74. The Morgan fingerprint density at radius 1 is 1.18 bits per heavy atom. The third-order valence-electron chi connectivity index (χ3n) is 3.86. The van der Waals surface area contributed by atoms with Gasteiger partial charge in [0.15, 0.2) is 5.72 Å². The van der Waals surface area contributed by atoms with Crippen molar-refractivity contribution in [3.8, 4) is 0 Å². The highest BCUT2D eigenvalue weighted by Gasteiger charge is 2.48. The fourth-order valence-electron chi connectivity index (χ4n) is 2.67. The minimum absolute atomic E-state index is 0.117. The molecule has 22 heavy (non-hydrogen) atoms. The second-order valence-corrected chi connectivity index (χ2v) is 8.60. The average molecular weight is 431 g/mol. The predicted octanol–water partition coefficient (Wildman–Crippen LogP) is 4.73. The van der Waals surface area contributed by atoms with Crippen LogP contribution in [0.15, 0.2) is 42.0 Å². The van der Waals surface area contributed by atoms with Gasteiger partial charge in [-0.15, -0.1) is 0 Å². The quantitative estimate of drug-likeness (QED) is 0.501. The molecule has 0 spiro atoms. The maximum absolute atomic E-state index is 12.7. The molecule has 3 nitrogen and oxygen atoms in total. The fourth-order valence-corrected chi connectivity index (χ4v) is 3.35. The normalized spacial score (nSPS) is 21.6. The summed E-state index contributed by atoms with van der Waals surface area (Å²) in [4.78, 5) is 14.2. The molecule has 1 aliphatic heterocycles. The van der Waals surface area contributed by atoms with Gasteiger partial charge in [-0.05, 0) is 31.1 Å². The van der Waals surface area contributed by atoms with Gasteiger partial charge in [0.1, 0.15) is 3.74 Å². The minimum Gasteiger partial charge on any atom is -0.365 e. The zero-order valence-electron chi connectivity index (χ0n) is 12.6. The molecule has 1 atom stereocenters. The van der Waals surface area contributed by atoms with Gasteiger partial charge in [0.2, 0.25) is 0 Å². The smallest absolute Gasteiger partial charge is 0.256 e. The van der Waals surface area contributed by atoms with Crippen molar-refractivity contribution in [1.29, 1.82) is 0 Å². The van der Waals surface area contributed by atoms with Crippen molar-refractivity contribution in [3.63, 3.8) is 0 Å². The topological polar surface area (TPSA) is 40.5 Å². The summed E-state index contributed by atoms with van der Waals surface area (Å²) in [5.74, 6) is -0.117. The zero-order chi connectivity index (χ0) is 16.2. The number of amides is 1. The molecule has 0 saturated carbocycles. The largest absolute Gasteiger partial charge is 0.365 e. The molecule has 0 aromatic heterocycles. The van der Waals surface area contributed by atoms with Crippen molar-refractivity contribution in [2.45, 2.75) is 48.5 Å². The van der Waals surface area contributed by atoms with Crippen LogP contribution in [0.25, 0.3) is 0 Å². The first-order valence-corrected chi connectivity index (χ1v) is 9.45. The van der Waals surface area contributed by atoms with E-state index in [1.165, 1.54) is 11.3 Å². The molecule has 1 aliphatic rings. The van der Waals surface area contributed by atoms with Gasteiger partial charge in [0, 0.05) is 11.3 Å². The molecule has 5 heteroatoms. The highest BCUT2D eigenvalue weighted by Crippen LogP contribution is 2.40. The van der Waals surface area contributed by atoms with Crippen LogP contribution < -0.4 is 4.90 Å². The van der Waals surface area contributed by atoms with E-state index in [0.29, 0.717) is 17.7 Å². The lowest BCUT2D eigenvalue weighted by Crippen LogP contribution is -2.51. The molecule has 0 fully saturated rings. The Kier molecular flexibility index (Phi) is 6.24. The monoisotopic (exact) mass is 429 g/mol. The molecule has 1 aromatic carbocycles. The molecule has 1 aromatic rings. The maximum atomic E-state index is 12.7. The average Bonchev–Trinajstić information content (AvgIpc) is 2.77. The highest BCUT2D eigenvalue weighted by atomic mass is 79.9. The highest BCUT2D eigenvalue weighted by molar-refractivity contribution is 9.24. The fraction of sp³-hybridized carbons (Fsp3) is 0.471. The summed E-state index contributed by atoms with van der Waals surface area (Å²) in [6, 6.07) is 9.28. The van der Waals surface area contributed by atoms with E-state index in [4.69, 9.17) is 0 Å². The van der Waals surface area contributed by atoms with E-state index in [-0.39, 0.29) is 5.91 Å². The van der Waals surface area contributed by atoms with Crippen molar-refractivity contribution >= 4 is 43.5 Å². The lowest BCUT2D eigenvalue weighted by atomic mass is 10.1. The molecule has 0 bridgehead atoms. The van der Waals surface area contributed by atoms with E-state index < -0.39 is 9.46 Å². The van der Waals surface area contributed by atoms with Crippen LogP contribution in [0.3, 0.4) is 0 Å². The zero-order valence-corrected chi connectivity index (χ0v) is 15.8. The number of benzene rings is 1. The lowest BCUT2D eigenvalue weighted by molar-refractivity contribution is -0.116. The number of aliphatic hydroxyl groups is 1. The molecule has 1 N–H and O–H groups in total. The summed E-state index contributed by atoms with van der Waals surface area (Å²) < 4.78 is -0.440. The molecule has 1 unspecified atom stereocenters. The van der Waals surface area contributed by atoms with Crippen LogP contribution in [0.5, 0.6) is 0 Å². The molecule has 1 heterocycles. The van der Waals surface area contributed by atoms with Gasteiger partial charge >= 0.3 is 0 Å². The second-order valence-electron chi connectivity index (χ2n) is 5.54.